The maximum atomic E-state index is 13.1. The van der Waals surface area contributed by atoms with Gasteiger partial charge in [0.05, 0.1) is 18.3 Å². The number of carbonyl (C=O) groups excluding carboxylic acids is 1. The molecule has 4 heteroatoms. The van der Waals surface area contributed by atoms with Crippen LogP contribution in [0.3, 0.4) is 0 Å². The third-order valence-corrected chi connectivity index (χ3v) is 5.27. The molecular formula is C23H25N3O. The first-order valence-corrected chi connectivity index (χ1v) is 9.62. The van der Waals surface area contributed by atoms with E-state index in [1.807, 2.05) is 29.2 Å². The SMILES string of the molecule is CC[C@H]1c2cccn2-c2ccccc2CN1C(=O)NCCc1ccccc1. The number of hydrogen-bond donors (Lipinski definition) is 1. The van der Waals surface area contributed by atoms with Gasteiger partial charge in [-0.3, -0.25) is 0 Å². The predicted octanol–water partition coefficient (Wildman–Crippen LogP) is 4.70. The molecule has 3 aromatic rings. The summed E-state index contributed by atoms with van der Waals surface area (Å²) in [6.07, 6.45) is 3.81. The average molecular weight is 359 g/mol. The minimum atomic E-state index is 0.00207. The van der Waals surface area contributed by atoms with E-state index in [9.17, 15) is 4.79 Å². The van der Waals surface area contributed by atoms with Crippen LogP contribution in [0.2, 0.25) is 0 Å². The van der Waals surface area contributed by atoms with E-state index in [4.69, 9.17) is 0 Å². The van der Waals surface area contributed by atoms with Crippen molar-refractivity contribution < 1.29 is 4.79 Å². The van der Waals surface area contributed by atoms with Gasteiger partial charge in [-0.25, -0.2) is 4.79 Å². The van der Waals surface area contributed by atoms with Crippen LogP contribution in [0.5, 0.6) is 0 Å². The number of amides is 2. The Morgan fingerprint density at radius 1 is 1.04 bits per heavy atom. The maximum absolute atomic E-state index is 13.1. The number of carbonyl (C=O) groups is 1. The number of fused-ring (bicyclic) bond motifs is 3. The summed E-state index contributed by atoms with van der Waals surface area (Å²) in [6.45, 7) is 3.40. The Bertz CT molecular complexity index is 916. The summed E-state index contributed by atoms with van der Waals surface area (Å²) in [5, 5.41) is 3.12. The molecule has 0 unspecified atom stereocenters. The second-order valence-electron chi connectivity index (χ2n) is 6.95. The summed E-state index contributed by atoms with van der Waals surface area (Å²) >= 11 is 0. The van der Waals surface area contributed by atoms with Crippen molar-refractivity contribution in [1.82, 2.24) is 14.8 Å². The van der Waals surface area contributed by atoms with Crippen molar-refractivity contribution >= 4 is 6.03 Å². The molecule has 0 saturated heterocycles. The number of urea groups is 1. The van der Waals surface area contributed by atoms with Crippen LogP contribution >= 0.6 is 0 Å². The number of nitrogens with one attached hydrogen (secondary N) is 1. The van der Waals surface area contributed by atoms with Crippen LogP contribution in [0, 0.1) is 0 Å². The van der Waals surface area contributed by atoms with Crippen LogP contribution in [0.25, 0.3) is 5.69 Å². The largest absolute Gasteiger partial charge is 0.338 e. The normalized spacial score (nSPS) is 15.6. The summed E-state index contributed by atoms with van der Waals surface area (Å²) in [5.41, 5.74) is 4.74. The van der Waals surface area contributed by atoms with Crippen molar-refractivity contribution in [1.29, 1.82) is 0 Å². The zero-order valence-electron chi connectivity index (χ0n) is 15.6. The van der Waals surface area contributed by atoms with Gasteiger partial charge >= 0.3 is 6.03 Å². The van der Waals surface area contributed by atoms with Crippen LogP contribution in [-0.2, 0) is 13.0 Å². The van der Waals surface area contributed by atoms with E-state index < -0.39 is 0 Å². The van der Waals surface area contributed by atoms with Crippen molar-refractivity contribution in [3.8, 4) is 5.69 Å². The average Bonchev–Trinajstić information content (AvgIpc) is 3.13. The van der Waals surface area contributed by atoms with Gasteiger partial charge in [0.1, 0.15) is 0 Å². The fraction of sp³-hybridized carbons (Fsp3) is 0.261. The van der Waals surface area contributed by atoms with Crippen LogP contribution in [0.4, 0.5) is 4.79 Å². The van der Waals surface area contributed by atoms with Gasteiger partial charge in [-0.2, -0.15) is 0 Å². The minimum absolute atomic E-state index is 0.00207. The highest BCUT2D eigenvalue weighted by atomic mass is 16.2. The van der Waals surface area contributed by atoms with E-state index in [1.54, 1.807) is 0 Å². The first-order valence-electron chi connectivity index (χ1n) is 9.62. The lowest BCUT2D eigenvalue weighted by molar-refractivity contribution is 0.168. The molecule has 0 spiro atoms. The summed E-state index contributed by atoms with van der Waals surface area (Å²) in [7, 11) is 0. The van der Waals surface area contributed by atoms with Crippen LogP contribution in [0.15, 0.2) is 72.9 Å². The van der Waals surface area contributed by atoms with E-state index in [0.29, 0.717) is 13.1 Å². The number of benzene rings is 2. The molecule has 1 aliphatic rings. The topological polar surface area (TPSA) is 37.3 Å². The van der Waals surface area contributed by atoms with Gasteiger partial charge in [0.15, 0.2) is 0 Å². The highest BCUT2D eigenvalue weighted by Crippen LogP contribution is 2.33. The van der Waals surface area contributed by atoms with E-state index in [2.05, 4.69) is 65.5 Å². The van der Waals surface area contributed by atoms with Gasteiger partial charge in [0.25, 0.3) is 0 Å². The van der Waals surface area contributed by atoms with E-state index >= 15 is 0 Å². The molecule has 2 heterocycles. The van der Waals surface area contributed by atoms with Gasteiger partial charge in [0.2, 0.25) is 0 Å². The molecule has 1 N–H and O–H groups in total. The second kappa shape index (κ2) is 7.70. The lowest BCUT2D eigenvalue weighted by Crippen LogP contribution is -2.42. The fourth-order valence-electron chi connectivity index (χ4n) is 3.92. The molecular weight excluding hydrogens is 334 g/mol. The van der Waals surface area contributed by atoms with Gasteiger partial charge in [-0.05, 0) is 42.2 Å². The van der Waals surface area contributed by atoms with Crippen LogP contribution in [-0.4, -0.2) is 22.0 Å². The Labute approximate surface area is 160 Å². The summed E-state index contributed by atoms with van der Waals surface area (Å²) < 4.78 is 2.22. The molecule has 0 radical (unpaired) electrons. The number of nitrogens with zero attached hydrogens (tertiary/aromatic N) is 2. The Morgan fingerprint density at radius 3 is 2.63 bits per heavy atom. The number of hydrogen-bond acceptors (Lipinski definition) is 1. The molecule has 0 aliphatic carbocycles. The molecule has 1 aromatic heterocycles. The molecule has 27 heavy (non-hydrogen) atoms. The third-order valence-electron chi connectivity index (χ3n) is 5.27. The number of para-hydroxylation sites is 1. The zero-order chi connectivity index (χ0) is 18.6. The standard InChI is InChI=1S/C23H25N3O/c1-2-20-22-13-8-16-25(22)21-12-7-6-11-19(21)17-26(20)23(27)24-15-14-18-9-4-3-5-10-18/h3-13,16,20H,2,14-15,17H2,1H3,(H,24,27)/t20-/m0/s1. The Kier molecular flexibility index (Phi) is 4.97. The van der Waals surface area contributed by atoms with Gasteiger partial charge in [-0.1, -0.05) is 55.5 Å². The molecule has 4 nitrogen and oxygen atoms in total. The molecule has 2 aromatic carbocycles. The Hall–Kier alpha value is -3.01. The predicted molar refractivity (Wildman–Crippen MR) is 108 cm³/mol. The van der Waals surface area contributed by atoms with Crippen molar-refractivity contribution in [2.45, 2.75) is 32.4 Å². The second-order valence-corrected chi connectivity index (χ2v) is 6.95. The van der Waals surface area contributed by atoms with Crippen molar-refractivity contribution in [3.05, 3.63) is 89.7 Å². The van der Waals surface area contributed by atoms with Crippen LogP contribution < -0.4 is 5.32 Å². The summed E-state index contributed by atoms with van der Waals surface area (Å²) in [4.78, 5) is 15.0. The van der Waals surface area contributed by atoms with Crippen molar-refractivity contribution in [2.75, 3.05) is 6.54 Å². The van der Waals surface area contributed by atoms with E-state index in [0.717, 1.165) is 18.5 Å². The lowest BCUT2D eigenvalue weighted by atomic mass is 10.1. The number of rotatable bonds is 4. The first kappa shape index (κ1) is 17.4. The van der Waals surface area contributed by atoms with Crippen LogP contribution in [0.1, 0.15) is 36.2 Å². The zero-order valence-corrected chi connectivity index (χ0v) is 15.6. The molecule has 1 aliphatic heterocycles. The van der Waals surface area contributed by atoms with Gasteiger partial charge in [-0.15, -0.1) is 0 Å². The first-order chi connectivity index (χ1) is 13.3. The summed E-state index contributed by atoms with van der Waals surface area (Å²) in [5.74, 6) is 0. The smallest absolute Gasteiger partial charge is 0.318 e. The molecule has 2 amide bonds. The molecule has 0 saturated carbocycles. The quantitative estimate of drug-likeness (QED) is 0.720. The van der Waals surface area contributed by atoms with Crippen molar-refractivity contribution in [2.24, 2.45) is 0 Å². The molecule has 1 atom stereocenters. The van der Waals surface area contributed by atoms with E-state index in [1.165, 1.54) is 16.8 Å². The fourth-order valence-corrected chi connectivity index (χ4v) is 3.92. The monoisotopic (exact) mass is 359 g/mol. The van der Waals surface area contributed by atoms with Gasteiger partial charge in [0, 0.05) is 18.4 Å². The summed E-state index contributed by atoms with van der Waals surface area (Å²) in [6, 6.07) is 22.8. The molecule has 138 valence electrons. The Morgan fingerprint density at radius 2 is 1.81 bits per heavy atom. The molecule has 0 bridgehead atoms. The maximum Gasteiger partial charge on any atom is 0.318 e. The Balaban J connectivity index is 1.55. The molecule has 0 fully saturated rings. The third kappa shape index (κ3) is 3.47. The molecule has 4 rings (SSSR count). The number of aromatic nitrogens is 1. The lowest BCUT2D eigenvalue weighted by Gasteiger charge is -2.29. The van der Waals surface area contributed by atoms with E-state index in [-0.39, 0.29) is 12.1 Å². The van der Waals surface area contributed by atoms with Gasteiger partial charge < -0.3 is 14.8 Å². The highest BCUT2D eigenvalue weighted by molar-refractivity contribution is 5.75. The highest BCUT2D eigenvalue weighted by Gasteiger charge is 2.30. The van der Waals surface area contributed by atoms with Crippen molar-refractivity contribution in [3.63, 3.8) is 0 Å². The minimum Gasteiger partial charge on any atom is -0.338 e.